The molecule has 8 aromatic carbocycles. The fraction of sp³-hybridized carbons (Fsp3) is 0.262. The van der Waals surface area contributed by atoms with E-state index in [4.69, 9.17) is 17.1 Å². The van der Waals surface area contributed by atoms with Crippen LogP contribution < -0.4 is 14.7 Å². The second-order valence-electron chi connectivity index (χ2n) is 21.2. The first-order valence-corrected chi connectivity index (χ1v) is 23.0. The Morgan fingerprint density at radius 3 is 1.46 bits per heavy atom. The molecule has 0 bridgehead atoms. The molecule has 354 valence electrons. The summed E-state index contributed by atoms with van der Waals surface area (Å²) in [6.45, 7) is 20.9. The Kier molecular flexibility index (Phi) is 5.92. The molecule has 0 saturated carbocycles. The standard InChI is InChI=1S/C65H67ClN4/c1-42-36-57(60(66)58(37-42)69-55-24-17-18-25-56(55)70-54-35-30-45(64(8,9)10)38-52(54)53-39-46(65(11,12)13)40-59(69)61(53)70)68(47-20-15-14-16-21-47)51-23-19-22-50(41-51)67(48-31-26-43(27-32-48)62(2,3)4)49-33-28-44(29-34-49)63(5,6)7/h14-41H,1-13H3/i14D,15D,16D,17D,18D,19D,20D,21D,22D,23D,24D,25D,26D,27D,28D,29D,30D,31D,32D,33D,34D,35D,36D,37D,38D,39D,40D,41D. The van der Waals surface area contributed by atoms with Crippen LogP contribution in [0, 0.1) is 6.92 Å². The van der Waals surface area contributed by atoms with Crippen molar-refractivity contribution in [1.82, 2.24) is 4.57 Å². The highest BCUT2D eigenvalue weighted by Gasteiger charge is 2.34. The van der Waals surface area contributed by atoms with Gasteiger partial charge in [0.15, 0.2) is 0 Å². The predicted octanol–water partition coefficient (Wildman–Crippen LogP) is 19.7. The molecule has 1 aliphatic rings. The summed E-state index contributed by atoms with van der Waals surface area (Å²) in [6, 6.07) is -24.2. The minimum absolute atomic E-state index is 0.0539. The molecule has 1 aromatic heterocycles. The largest absolute Gasteiger partial charge is 0.310 e. The second kappa shape index (κ2) is 17.0. The molecule has 0 unspecified atom stereocenters. The van der Waals surface area contributed by atoms with Crippen molar-refractivity contribution < 1.29 is 38.4 Å². The van der Waals surface area contributed by atoms with E-state index in [2.05, 4.69) is 0 Å². The van der Waals surface area contributed by atoms with Crippen molar-refractivity contribution in [3.63, 3.8) is 0 Å². The van der Waals surface area contributed by atoms with Crippen molar-refractivity contribution in [2.75, 3.05) is 14.7 Å². The molecule has 0 spiro atoms. The molecule has 1 aliphatic heterocycles. The molecule has 5 heteroatoms. The number of aromatic nitrogens is 1. The van der Waals surface area contributed by atoms with E-state index < -0.39 is 246 Å². The van der Waals surface area contributed by atoms with Gasteiger partial charge in [0.05, 0.1) is 82.9 Å². The van der Waals surface area contributed by atoms with Gasteiger partial charge in [0, 0.05) is 39.2 Å². The van der Waals surface area contributed by atoms with Crippen LogP contribution in [0.5, 0.6) is 0 Å². The Labute approximate surface area is 461 Å². The number of hydrogen-bond acceptors (Lipinski definition) is 3. The molecule has 0 radical (unpaired) electrons. The summed E-state index contributed by atoms with van der Waals surface area (Å²) in [5.41, 5.74) is -14.0. The Morgan fingerprint density at radius 2 is 0.886 bits per heavy atom. The third-order valence-corrected chi connectivity index (χ3v) is 12.0. The summed E-state index contributed by atoms with van der Waals surface area (Å²) >= 11 is 7.93. The summed E-state index contributed by atoms with van der Waals surface area (Å²) in [4.78, 5) is 2.05. The first-order valence-electron chi connectivity index (χ1n) is 36.6. The molecule has 70 heavy (non-hydrogen) atoms. The van der Waals surface area contributed by atoms with Gasteiger partial charge in [-0.25, -0.2) is 0 Å². The van der Waals surface area contributed by atoms with Crippen LogP contribution in [0.25, 0.3) is 27.5 Å². The normalized spacial score (nSPS) is 18.6. The molecular weight excluding hydrogens is 872 g/mol. The lowest BCUT2D eigenvalue weighted by atomic mass is 9.84. The Balaban J connectivity index is 1.49. The molecule has 0 saturated heterocycles. The van der Waals surface area contributed by atoms with E-state index in [9.17, 15) is 32.9 Å². The molecule has 0 N–H and O–H groups in total. The minimum Gasteiger partial charge on any atom is -0.310 e. The summed E-state index contributed by atoms with van der Waals surface area (Å²) in [5.74, 6) is 0. The van der Waals surface area contributed by atoms with Crippen molar-refractivity contribution in [3.05, 3.63) is 202 Å². The van der Waals surface area contributed by atoms with Gasteiger partial charge in [-0.1, -0.05) is 161 Å². The fourth-order valence-electron chi connectivity index (χ4n) is 7.94. The number of para-hydroxylation sites is 3. The molecule has 0 fully saturated rings. The fourth-order valence-corrected chi connectivity index (χ4v) is 8.20. The van der Waals surface area contributed by atoms with Gasteiger partial charge in [-0.05, 0) is 159 Å². The van der Waals surface area contributed by atoms with Crippen LogP contribution in [0.1, 0.15) is 149 Å². The molecule has 4 nitrogen and oxygen atoms in total. The smallest absolute Gasteiger partial charge is 0.0887 e. The second-order valence-corrected chi connectivity index (χ2v) is 21.6. The van der Waals surface area contributed by atoms with Gasteiger partial charge in [0.1, 0.15) is 0 Å². The molecule has 2 heterocycles. The van der Waals surface area contributed by atoms with Gasteiger partial charge in [-0.2, -0.15) is 0 Å². The number of halogens is 1. The van der Waals surface area contributed by atoms with E-state index in [1.165, 1.54) is 11.5 Å². The first-order chi connectivity index (χ1) is 44.8. The Morgan fingerprint density at radius 1 is 0.400 bits per heavy atom. The molecular formula is C65H67ClN4. The molecule has 9 aromatic rings. The van der Waals surface area contributed by atoms with Crippen molar-refractivity contribution in [1.29, 1.82) is 0 Å². The molecule has 0 amide bonds. The first kappa shape index (κ1) is 24.4. The minimum atomic E-state index is -1.28. The number of benzene rings is 8. The van der Waals surface area contributed by atoms with Crippen molar-refractivity contribution in [2.45, 2.75) is 112 Å². The number of fused-ring (bicyclic) bond motifs is 5. The van der Waals surface area contributed by atoms with E-state index in [0.717, 1.165) is 4.90 Å². The third-order valence-electron chi connectivity index (χ3n) is 11.7. The SMILES string of the molecule is [2H]c1c([2H])c([2H])c(N(c2c([2H])c([2H])c([2H])c(N(c3c([2H])c([2H])c(C(C)(C)C)c([2H])c3[2H])c3c([2H])c([2H])c(C(C)(C)C)c([2H])c3[2H])c2[2H])c2c([2H])c(C)c([2H])c(N3c4c([2H])c([2H])c([2H])c([2H])c4-n4c5c([2H])c([2H])c(C(C)(C)C)c([2H])c5c5c([2H])c(C(C)(C)C)c([2H])c3c54)c2Cl)c([2H])c1[2H]. The third kappa shape index (κ3) is 8.34. The Hall–Kier alpha value is -6.75. The average molecular weight is 968 g/mol. The highest BCUT2D eigenvalue weighted by Crippen LogP contribution is 2.55. The van der Waals surface area contributed by atoms with Crippen LogP contribution in [-0.2, 0) is 21.7 Å². The zero-order valence-electron chi connectivity index (χ0n) is 69.2. The van der Waals surface area contributed by atoms with Crippen molar-refractivity contribution in [3.8, 4) is 5.69 Å². The van der Waals surface area contributed by atoms with Gasteiger partial charge in [-0.15, -0.1) is 0 Å². The number of rotatable bonds is 7. The van der Waals surface area contributed by atoms with Gasteiger partial charge in [-0.3, -0.25) is 0 Å². The van der Waals surface area contributed by atoms with Crippen LogP contribution in [0.2, 0.25) is 5.02 Å². The van der Waals surface area contributed by atoms with Crippen LogP contribution in [0.15, 0.2) is 169 Å². The number of hydrogen-bond donors (Lipinski definition) is 0. The van der Waals surface area contributed by atoms with Crippen LogP contribution >= 0.6 is 11.6 Å². The predicted molar refractivity (Wildman–Crippen MR) is 303 cm³/mol. The summed E-state index contributed by atoms with van der Waals surface area (Å²) in [7, 11) is 0. The zero-order chi connectivity index (χ0) is 74.0. The monoisotopic (exact) mass is 967 g/mol. The van der Waals surface area contributed by atoms with Gasteiger partial charge in [0.25, 0.3) is 0 Å². The highest BCUT2D eigenvalue weighted by atomic mass is 35.5. The van der Waals surface area contributed by atoms with Gasteiger partial charge in [0.2, 0.25) is 0 Å². The van der Waals surface area contributed by atoms with E-state index in [0.29, 0.717) is 9.80 Å². The Bertz CT molecular complexity index is 4940. The lowest BCUT2D eigenvalue weighted by molar-refractivity contribution is 0.590. The van der Waals surface area contributed by atoms with E-state index in [1.54, 1.807) is 83.1 Å². The molecule has 0 atom stereocenters. The van der Waals surface area contributed by atoms with Gasteiger partial charge >= 0.3 is 0 Å². The maximum atomic E-state index is 10.6. The lowest BCUT2D eigenvalue weighted by Crippen LogP contribution is -2.21. The summed E-state index contributed by atoms with van der Waals surface area (Å²) in [5, 5.41) is -1.21. The molecule has 0 aliphatic carbocycles. The number of nitrogens with zero attached hydrogens (tertiary/aromatic N) is 4. The van der Waals surface area contributed by atoms with E-state index in [1.807, 2.05) is 0 Å². The lowest BCUT2D eigenvalue weighted by Gasteiger charge is -2.36. The maximum Gasteiger partial charge on any atom is 0.0887 e. The van der Waals surface area contributed by atoms with E-state index >= 15 is 0 Å². The van der Waals surface area contributed by atoms with Crippen molar-refractivity contribution in [2.24, 2.45) is 0 Å². The van der Waals surface area contributed by atoms with Gasteiger partial charge < -0.3 is 19.3 Å². The topological polar surface area (TPSA) is 14.7 Å². The molecule has 10 rings (SSSR count). The zero-order valence-corrected chi connectivity index (χ0v) is 41.9. The maximum absolute atomic E-state index is 10.6. The van der Waals surface area contributed by atoms with Crippen LogP contribution in [0.3, 0.4) is 0 Å². The quantitative estimate of drug-likeness (QED) is 0.158. The summed E-state index contributed by atoms with van der Waals surface area (Å²) in [6.07, 6.45) is 0. The van der Waals surface area contributed by atoms with Crippen molar-refractivity contribution >= 4 is 84.6 Å². The van der Waals surface area contributed by atoms with Crippen LogP contribution in [-0.4, -0.2) is 4.57 Å². The number of anilines is 9. The van der Waals surface area contributed by atoms with Crippen LogP contribution in [0.4, 0.5) is 51.2 Å². The highest BCUT2D eigenvalue weighted by molar-refractivity contribution is 6.37. The summed E-state index contributed by atoms with van der Waals surface area (Å²) < 4.78 is 272. The van der Waals surface area contributed by atoms with E-state index in [-0.39, 0.29) is 56.1 Å². The average Bonchev–Trinajstić information content (AvgIpc) is 1.46.